The summed E-state index contributed by atoms with van der Waals surface area (Å²) in [5, 5.41) is 0. The van der Waals surface area contributed by atoms with Crippen LogP contribution in [0.1, 0.15) is 36.6 Å². The van der Waals surface area contributed by atoms with Gasteiger partial charge in [-0.3, -0.25) is 4.98 Å². The van der Waals surface area contributed by atoms with Crippen LogP contribution in [0.3, 0.4) is 0 Å². The Labute approximate surface area is 114 Å². The molecule has 0 spiro atoms. The van der Waals surface area contributed by atoms with Gasteiger partial charge >= 0.3 is 0 Å². The second-order valence-electron chi connectivity index (χ2n) is 5.01. The quantitative estimate of drug-likeness (QED) is 0.913. The van der Waals surface area contributed by atoms with Crippen molar-refractivity contribution in [3.8, 4) is 5.75 Å². The minimum Gasteiger partial charge on any atom is -0.489 e. The molecule has 19 heavy (non-hydrogen) atoms. The third kappa shape index (κ3) is 3.55. The van der Waals surface area contributed by atoms with Gasteiger partial charge in [-0.05, 0) is 38.0 Å². The van der Waals surface area contributed by atoms with Gasteiger partial charge in [-0.1, -0.05) is 29.8 Å². The van der Waals surface area contributed by atoms with E-state index >= 15 is 0 Å². The van der Waals surface area contributed by atoms with Gasteiger partial charge in [0.05, 0.1) is 18.3 Å². The Bertz CT molecular complexity index is 552. The number of rotatable bonds is 4. The van der Waals surface area contributed by atoms with Crippen molar-refractivity contribution in [3.05, 3.63) is 59.4 Å². The second-order valence-corrected chi connectivity index (χ2v) is 5.01. The lowest BCUT2D eigenvalue weighted by atomic mass is 9.99. The second kappa shape index (κ2) is 5.85. The summed E-state index contributed by atoms with van der Waals surface area (Å²) in [6.07, 6.45) is 3.64. The van der Waals surface area contributed by atoms with Crippen molar-refractivity contribution in [3.63, 3.8) is 0 Å². The molecular formula is C16H20N2O. The van der Waals surface area contributed by atoms with E-state index in [1.165, 1.54) is 5.56 Å². The van der Waals surface area contributed by atoms with Gasteiger partial charge in [0.1, 0.15) is 5.75 Å². The molecule has 0 fully saturated rings. The van der Waals surface area contributed by atoms with Gasteiger partial charge in [0.2, 0.25) is 0 Å². The molecule has 0 bridgehead atoms. The van der Waals surface area contributed by atoms with E-state index in [2.05, 4.69) is 24.0 Å². The van der Waals surface area contributed by atoms with Crippen LogP contribution in [0.5, 0.6) is 5.75 Å². The summed E-state index contributed by atoms with van der Waals surface area (Å²) in [6, 6.07) is 10.00. The molecule has 1 heterocycles. The standard InChI is InChI=1S/C16H20N2O/c1-11(2)19-15-8-14(9-18-10-15)16(17)13-6-4-5-12(3)7-13/h4-11,16H,17H2,1-3H3. The lowest BCUT2D eigenvalue weighted by Gasteiger charge is -2.15. The molecule has 0 amide bonds. The first-order chi connectivity index (χ1) is 9.06. The number of ether oxygens (including phenoxy) is 1. The third-order valence-corrected chi connectivity index (χ3v) is 2.87. The summed E-state index contributed by atoms with van der Waals surface area (Å²) >= 11 is 0. The first-order valence-electron chi connectivity index (χ1n) is 6.50. The van der Waals surface area contributed by atoms with Crippen LogP contribution in [0.4, 0.5) is 0 Å². The van der Waals surface area contributed by atoms with Gasteiger partial charge in [0, 0.05) is 6.20 Å². The van der Waals surface area contributed by atoms with E-state index in [9.17, 15) is 0 Å². The molecule has 0 radical (unpaired) electrons. The molecule has 2 N–H and O–H groups in total. The van der Waals surface area contributed by atoms with Crippen LogP contribution in [-0.4, -0.2) is 11.1 Å². The van der Waals surface area contributed by atoms with Crippen molar-refractivity contribution in [2.45, 2.75) is 32.9 Å². The van der Waals surface area contributed by atoms with Crippen LogP contribution < -0.4 is 10.5 Å². The molecule has 1 unspecified atom stereocenters. The Morgan fingerprint density at radius 1 is 1.11 bits per heavy atom. The topological polar surface area (TPSA) is 48.1 Å². The zero-order chi connectivity index (χ0) is 13.8. The molecular weight excluding hydrogens is 236 g/mol. The maximum atomic E-state index is 6.29. The molecule has 2 rings (SSSR count). The Balaban J connectivity index is 2.26. The molecule has 0 aliphatic rings. The van der Waals surface area contributed by atoms with Crippen molar-refractivity contribution in [2.24, 2.45) is 5.73 Å². The van der Waals surface area contributed by atoms with E-state index < -0.39 is 0 Å². The number of pyridine rings is 1. The first kappa shape index (κ1) is 13.6. The number of nitrogens with zero attached hydrogens (tertiary/aromatic N) is 1. The van der Waals surface area contributed by atoms with Gasteiger partial charge in [0.15, 0.2) is 0 Å². The molecule has 100 valence electrons. The number of benzene rings is 1. The zero-order valence-electron chi connectivity index (χ0n) is 11.6. The van der Waals surface area contributed by atoms with Crippen molar-refractivity contribution in [1.29, 1.82) is 0 Å². The summed E-state index contributed by atoms with van der Waals surface area (Å²) in [6.45, 7) is 6.05. The summed E-state index contributed by atoms with van der Waals surface area (Å²) in [4.78, 5) is 4.20. The summed E-state index contributed by atoms with van der Waals surface area (Å²) < 4.78 is 5.65. The zero-order valence-corrected chi connectivity index (χ0v) is 11.6. The number of aromatic nitrogens is 1. The van der Waals surface area contributed by atoms with E-state index in [0.29, 0.717) is 0 Å². The SMILES string of the molecule is Cc1cccc(C(N)c2cncc(OC(C)C)c2)c1. The minimum absolute atomic E-state index is 0.132. The van der Waals surface area contributed by atoms with Crippen LogP contribution >= 0.6 is 0 Å². The van der Waals surface area contributed by atoms with Crippen molar-refractivity contribution >= 4 is 0 Å². The highest BCUT2D eigenvalue weighted by Crippen LogP contribution is 2.23. The molecule has 0 saturated carbocycles. The average molecular weight is 256 g/mol. The molecule has 1 aromatic carbocycles. The number of hydrogen-bond donors (Lipinski definition) is 1. The monoisotopic (exact) mass is 256 g/mol. The Morgan fingerprint density at radius 3 is 2.58 bits per heavy atom. The molecule has 0 aliphatic heterocycles. The normalized spacial score (nSPS) is 12.5. The highest BCUT2D eigenvalue weighted by atomic mass is 16.5. The molecule has 1 aromatic heterocycles. The summed E-state index contributed by atoms with van der Waals surface area (Å²) in [5.41, 5.74) is 9.54. The average Bonchev–Trinajstić information content (AvgIpc) is 2.37. The number of aryl methyl sites for hydroxylation is 1. The largest absolute Gasteiger partial charge is 0.489 e. The van der Waals surface area contributed by atoms with Gasteiger partial charge in [-0.15, -0.1) is 0 Å². The molecule has 0 saturated heterocycles. The predicted octanol–water partition coefficient (Wildman–Crippen LogP) is 3.23. The smallest absolute Gasteiger partial charge is 0.138 e. The Kier molecular flexibility index (Phi) is 4.17. The predicted molar refractivity (Wildman–Crippen MR) is 77.2 cm³/mol. The van der Waals surface area contributed by atoms with Crippen LogP contribution in [0, 0.1) is 6.92 Å². The fraction of sp³-hybridized carbons (Fsp3) is 0.312. The summed E-state index contributed by atoms with van der Waals surface area (Å²) in [5.74, 6) is 0.760. The van der Waals surface area contributed by atoms with Gasteiger partial charge < -0.3 is 10.5 Å². The maximum Gasteiger partial charge on any atom is 0.138 e. The van der Waals surface area contributed by atoms with E-state index in [-0.39, 0.29) is 12.1 Å². The highest BCUT2D eigenvalue weighted by Gasteiger charge is 2.11. The lowest BCUT2D eigenvalue weighted by Crippen LogP contribution is -2.13. The van der Waals surface area contributed by atoms with Gasteiger partial charge in [-0.25, -0.2) is 0 Å². The van der Waals surface area contributed by atoms with Gasteiger partial charge in [-0.2, -0.15) is 0 Å². The van der Waals surface area contributed by atoms with E-state index in [1.807, 2.05) is 32.0 Å². The molecule has 1 atom stereocenters. The third-order valence-electron chi connectivity index (χ3n) is 2.87. The Hall–Kier alpha value is -1.87. The van der Waals surface area contributed by atoms with Crippen molar-refractivity contribution < 1.29 is 4.74 Å². The van der Waals surface area contributed by atoms with Gasteiger partial charge in [0.25, 0.3) is 0 Å². The number of hydrogen-bond acceptors (Lipinski definition) is 3. The van der Waals surface area contributed by atoms with Crippen LogP contribution in [0.2, 0.25) is 0 Å². The van der Waals surface area contributed by atoms with Crippen molar-refractivity contribution in [1.82, 2.24) is 4.98 Å². The first-order valence-corrected chi connectivity index (χ1v) is 6.50. The van der Waals surface area contributed by atoms with E-state index in [0.717, 1.165) is 16.9 Å². The maximum absolute atomic E-state index is 6.29. The summed E-state index contributed by atoms with van der Waals surface area (Å²) in [7, 11) is 0. The molecule has 3 heteroatoms. The van der Waals surface area contributed by atoms with E-state index in [4.69, 9.17) is 10.5 Å². The Morgan fingerprint density at radius 2 is 1.89 bits per heavy atom. The fourth-order valence-electron chi connectivity index (χ4n) is 2.00. The van der Waals surface area contributed by atoms with E-state index in [1.54, 1.807) is 12.4 Å². The lowest BCUT2D eigenvalue weighted by molar-refractivity contribution is 0.241. The van der Waals surface area contributed by atoms with Crippen LogP contribution in [0.15, 0.2) is 42.7 Å². The van der Waals surface area contributed by atoms with Crippen molar-refractivity contribution in [2.75, 3.05) is 0 Å². The number of nitrogens with two attached hydrogens (primary N) is 1. The van der Waals surface area contributed by atoms with Crippen LogP contribution in [0.25, 0.3) is 0 Å². The molecule has 3 nitrogen and oxygen atoms in total. The highest BCUT2D eigenvalue weighted by molar-refractivity contribution is 5.35. The molecule has 2 aromatic rings. The molecule has 0 aliphatic carbocycles. The van der Waals surface area contributed by atoms with Crippen LogP contribution in [-0.2, 0) is 0 Å². The fourth-order valence-corrected chi connectivity index (χ4v) is 2.00. The minimum atomic E-state index is -0.178.